The molecule has 0 aliphatic rings. The number of amides is 2. The first kappa shape index (κ1) is 57.8. The number of aliphatic carboxylic acids is 1. The van der Waals surface area contributed by atoms with Crippen LogP contribution in [0.5, 0.6) is 0 Å². The standard InChI is InChI=1S/C8H10O.C8H10.C4H10O.C3H7NO2.C3H7NO.C3H6O3.C3H8O.C2H7NO2S/c1-9-7-8-5-3-2-4-6-8;1-2-8-6-4-3-5-7-8;1-3-4-5-2;1-6-2-3(4)5;1-3(5)4-2;1-6-2-3(4)5;1-3-4-2;1-3-6(2,4)5/h2-6H,7H2,1H3;3-7H,2H2,1H3;3-4H2,1-2H3;2H2,1H3,(H2,4,5);1-2H3,(H,4,5);2H2,1H3,(H,4,5);3H2,1-2H3;3H,1-2H3. The van der Waals surface area contributed by atoms with Crippen molar-refractivity contribution in [1.29, 1.82) is 0 Å². The number of primary amides is 1. The minimum atomic E-state index is -2.91. The monoisotopic (exact) mass is 723 g/mol. The van der Waals surface area contributed by atoms with Crippen LogP contribution in [0.1, 0.15) is 45.2 Å². The molecule has 2 amide bonds. The number of ether oxygens (including phenoxy) is 5. The molecule has 2 aromatic carbocycles. The van der Waals surface area contributed by atoms with Crippen LogP contribution in [-0.2, 0) is 61.1 Å². The average molecular weight is 724 g/mol. The zero-order chi connectivity index (χ0) is 39.4. The van der Waals surface area contributed by atoms with E-state index >= 15 is 0 Å². The molecule has 0 saturated heterocycles. The van der Waals surface area contributed by atoms with Crippen LogP contribution in [0, 0.1) is 0 Å². The topological polar surface area (TPSA) is 202 Å². The molecular formula is C34H65N3O11S. The van der Waals surface area contributed by atoms with Crippen LogP contribution in [0.25, 0.3) is 0 Å². The lowest BCUT2D eigenvalue weighted by atomic mass is 10.2. The lowest BCUT2D eigenvalue weighted by Crippen LogP contribution is -2.16. The van der Waals surface area contributed by atoms with E-state index in [9.17, 15) is 22.8 Å². The van der Waals surface area contributed by atoms with Crippen molar-refractivity contribution >= 4 is 27.8 Å². The van der Waals surface area contributed by atoms with Crippen molar-refractivity contribution in [1.82, 2.24) is 10.0 Å². The minimum absolute atomic E-state index is 0.00463. The van der Waals surface area contributed by atoms with Crippen LogP contribution in [0.15, 0.2) is 60.7 Å². The summed E-state index contributed by atoms with van der Waals surface area (Å²) in [6.45, 7) is 9.90. The Hall–Kier alpha value is -3.44. The van der Waals surface area contributed by atoms with Gasteiger partial charge in [-0.2, -0.15) is 0 Å². The van der Waals surface area contributed by atoms with Crippen molar-refractivity contribution in [3.05, 3.63) is 71.8 Å². The number of carboxylic acids is 1. The second-order valence-electron chi connectivity index (χ2n) is 8.84. The van der Waals surface area contributed by atoms with Gasteiger partial charge in [-0.1, -0.05) is 74.5 Å². The Labute approximate surface area is 296 Å². The van der Waals surface area contributed by atoms with Gasteiger partial charge in [-0.25, -0.2) is 17.9 Å². The van der Waals surface area contributed by atoms with Gasteiger partial charge in [0.1, 0.15) is 13.2 Å². The summed E-state index contributed by atoms with van der Waals surface area (Å²) in [6.07, 6.45) is 3.37. The normalized spacial score (nSPS) is 8.82. The molecule has 0 radical (unpaired) electrons. The van der Waals surface area contributed by atoms with Crippen molar-refractivity contribution < 1.29 is 51.6 Å². The van der Waals surface area contributed by atoms with E-state index in [2.05, 4.69) is 68.1 Å². The van der Waals surface area contributed by atoms with E-state index in [1.807, 2.05) is 43.3 Å². The number of rotatable bonds is 11. The van der Waals surface area contributed by atoms with Crippen molar-refractivity contribution in [3.8, 4) is 0 Å². The molecule has 49 heavy (non-hydrogen) atoms. The molecule has 0 atom stereocenters. The molecule has 14 nitrogen and oxygen atoms in total. The van der Waals surface area contributed by atoms with Gasteiger partial charge in [0.2, 0.25) is 21.8 Å². The third-order valence-electron chi connectivity index (χ3n) is 4.38. The van der Waals surface area contributed by atoms with Gasteiger partial charge in [0.25, 0.3) is 0 Å². The van der Waals surface area contributed by atoms with Crippen molar-refractivity contribution in [2.45, 2.75) is 47.1 Å². The number of carbonyl (C=O) groups is 3. The first-order chi connectivity index (χ1) is 23.1. The van der Waals surface area contributed by atoms with Crippen LogP contribution in [0.2, 0.25) is 0 Å². The van der Waals surface area contributed by atoms with Crippen LogP contribution in [0.4, 0.5) is 0 Å². The van der Waals surface area contributed by atoms with E-state index in [-0.39, 0.29) is 19.1 Å². The molecule has 0 heterocycles. The molecule has 0 aliphatic carbocycles. The van der Waals surface area contributed by atoms with Crippen molar-refractivity contribution in [2.24, 2.45) is 5.73 Å². The van der Waals surface area contributed by atoms with Gasteiger partial charge in [0, 0.05) is 62.7 Å². The molecule has 15 heteroatoms. The summed E-state index contributed by atoms with van der Waals surface area (Å²) in [5, 5.41) is 10.2. The Morgan fingerprint density at radius 3 is 1.24 bits per heavy atom. The lowest BCUT2D eigenvalue weighted by Gasteiger charge is -1.95. The molecule has 0 unspecified atom stereocenters. The molecule has 0 bridgehead atoms. The predicted octanol–water partition coefficient (Wildman–Crippen LogP) is 3.53. The number of hydrogen-bond donors (Lipinski definition) is 4. The number of hydrogen-bond acceptors (Lipinski definition) is 10. The summed E-state index contributed by atoms with van der Waals surface area (Å²) >= 11 is 0. The third-order valence-corrected chi connectivity index (χ3v) is 5.12. The number of nitrogens with one attached hydrogen (secondary N) is 2. The smallest absolute Gasteiger partial charge is 0.329 e. The van der Waals surface area contributed by atoms with Gasteiger partial charge in [0.05, 0.1) is 12.9 Å². The first-order valence-electron chi connectivity index (χ1n) is 15.2. The Kier molecular flexibility index (Phi) is 57.7. The average Bonchev–Trinajstić information content (AvgIpc) is 3.07. The highest BCUT2D eigenvalue weighted by molar-refractivity contribution is 7.88. The molecule has 0 aromatic heterocycles. The van der Waals surface area contributed by atoms with Crippen LogP contribution < -0.4 is 15.8 Å². The SMILES string of the molecule is CCCOC.CCOC.CCc1ccccc1.CNC(C)=O.CNS(C)(=O)=O.COCC(=O)O.COCC(N)=O.COCc1ccccc1. The van der Waals surface area contributed by atoms with Gasteiger partial charge in [-0.3, -0.25) is 9.59 Å². The summed E-state index contributed by atoms with van der Waals surface area (Å²) in [6, 6.07) is 20.6. The maximum atomic E-state index is 9.89. The lowest BCUT2D eigenvalue weighted by molar-refractivity contribution is -0.141. The molecule has 0 aliphatic heterocycles. The van der Waals surface area contributed by atoms with Gasteiger partial charge < -0.3 is 39.8 Å². The van der Waals surface area contributed by atoms with Gasteiger partial charge in [-0.05, 0) is 37.9 Å². The van der Waals surface area contributed by atoms with Crippen LogP contribution in [-0.4, -0.2) is 114 Å². The fourth-order valence-corrected chi connectivity index (χ4v) is 1.92. The van der Waals surface area contributed by atoms with E-state index in [0.29, 0.717) is 6.61 Å². The molecule has 2 rings (SSSR count). The number of aryl methyl sites for hydroxylation is 1. The Balaban J connectivity index is -0.000000109. The third kappa shape index (κ3) is 81.0. The quantitative estimate of drug-likeness (QED) is 0.264. The molecule has 0 saturated carbocycles. The van der Waals surface area contributed by atoms with Crippen molar-refractivity contribution in [2.75, 3.05) is 82.3 Å². The molecule has 0 fully saturated rings. The number of methoxy groups -OCH3 is 5. The van der Waals surface area contributed by atoms with Gasteiger partial charge in [0.15, 0.2) is 0 Å². The maximum absolute atomic E-state index is 9.89. The maximum Gasteiger partial charge on any atom is 0.329 e. The van der Waals surface area contributed by atoms with E-state index in [1.54, 1.807) is 28.4 Å². The highest BCUT2D eigenvalue weighted by atomic mass is 32.2. The van der Waals surface area contributed by atoms with Crippen molar-refractivity contribution in [3.63, 3.8) is 0 Å². The molecule has 2 aromatic rings. The Morgan fingerprint density at radius 2 is 1.12 bits per heavy atom. The largest absolute Gasteiger partial charge is 0.480 e. The summed E-state index contributed by atoms with van der Waals surface area (Å²) < 4.78 is 44.5. The highest BCUT2D eigenvalue weighted by Crippen LogP contribution is 1.98. The number of carbonyl (C=O) groups excluding carboxylic acids is 2. The zero-order valence-corrected chi connectivity index (χ0v) is 32.6. The Bertz CT molecular complexity index is 1030. The van der Waals surface area contributed by atoms with Crippen LogP contribution >= 0.6 is 0 Å². The summed E-state index contributed by atoms with van der Waals surface area (Å²) in [4.78, 5) is 28.9. The second kappa shape index (κ2) is 49.0. The second-order valence-corrected chi connectivity index (χ2v) is 10.8. The first-order valence-corrected chi connectivity index (χ1v) is 17.1. The summed E-state index contributed by atoms with van der Waals surface area (Å²) in [5.74, 6) is -1.36. The molecule has 288 valence electrons. The minimum Gasteiger partial charge on any atom is -0.480 e. The summed E-state index contributed by atoms with van der Waals surface area (Å²) in [7, 11) is 7.91. The fourth-order valence-electron chi connectivity index (χ4n) is 1.92. The number of benzene rings is 2. The zero-order valence-electron chi connectivity index (χ0n) is 31.7. The molecule has 5 N–H and O–H groups in total. The van der Waals surface area contributed by atoms with E-state index in [0.717, 1.165) is 32.3 Å². The van der Waals surface area contributed by atoms with E-state index < -0.39 is 21.9 Å². The van der Waals surface area contributed by atoms with E-state index in [4.69, 9.17) is 14.6 Å². The van der Waals surface area contributed by atoms with Gasteiger partial charge in [-0.15, -0.1) is 0 Å². The van der Waals surface area contributed by atoms with Crippen LogP contribution in [0.3, 0.4) is 0 Å². The number of sulfonamides is 1. The molecule has 0 spiro atoms. The molecular weight excluding hydrogens is 658 g/mol. The number of carboxylic acid groups (broad SMARTS) is 1. The Morgan fingerprint density at radius 1 is 0.735 bits per heavy atom. The number of nitrogens with two attached hydrogens (primary N) is 1. The van der Waals surface area contributed by atoms with E-state index in [1.165, 1.54) is 39.3 Å². The highest BCUT2D eigenvalue weighted by Gasteiger charge is 1.89. The van der Waals surface area contributed by atoms with Gasteiger partial charge >= 0.3 is 5.97 Å². The summed E-state index contributed by atoms with van der Waals surface area (Å²) in [5.41, 5.74) is 7.27. The fraction of sp³-hybridized carbons (Fsp3) is 0.559. The predicted molar refractivity (Wildman–Crippen MR) is 197 cm³/mol.